The van der Waals surface area contributed by atoms with E-state index in [2.05, 4.69) is 48.5 Å². The molecule has 0 saturated heterocycles. The van der Waals surface area contributed by atoms with Gasteiger partial charge in [0.2, 0.25) is 0 Å². The number of nitrogens with zero attached hydrogens (tertiary/aromatic N) is 2. The first-order valence-electron chi connectivity index (χ1n) is 6.00. The largest absolute Gasteiger partial charge is 0.307 e. The van der Waals surface area contributed by atoms with Gasteiger partial charge in [-0.2, -0.15) is 5.10 Å². The van der Waals surface area contributed by atoms with E-state index in [1.165, 1.54) is 10.9 Å². The maximum Gasteiger partial charge on any atom is 0.0841 e. The number of nitrogens with one attached hydrogen (secondary N) is 1. The van der Waals surface area contributed by atoms with Gasteiger partial charge in [0.05, 0.1) is 11.2 Å². The van der Waals surface area contributed by atoms with E-state index < -0.39 is 0 Å². The lowest BCUT2D eigenvalue weighted by Gasteiger charge is -2.08. The number of hydrogen-bond acceptors (Lipinski definition) is 2. The van der Waals surface area contributed by atoms with E-state index in [4.69, 9.17) is 11.6 Å². The second-order valence-electron chi connectivity index (χ2n) is 4.22. The van der Waals surface area contributed by atoms with Crippen molar-refractivity contribution < 1.29 is 0 Å². The summed E-state index contributed by atoms with van der Waals surface area (Å²) in [5.41, 5.74) is 2.30. The van der Waals surface area contributed by atoms with Crippen LogP contribution in [0, 0.1) is 0 Å². The fraction of sp³-hybridized carbons (Fsp3) is 0.462. The molecule has 0 aliphatic heterocycles. The van der Waals surface area contributed by atoms with Crippen LogP contribution in [0.2, 0.25) is 0 Å². The zero-order valence-corrected chi connectivity index (χ0v) is 11.0. The number of benzene rings is 1. The molecule has 2 rings (SSSR count). The molecule has 1 N–H and O–H groups in total. The van der Waals surface area contributed by atoms with Crippen molar-refractivity contribution in [1.82, 2.24) is 15.1 Å². The summed E-state index contributed by atoms with van der Waals surface area (Å²) in [4.78, 5) is 0. The van der Waals surface area contributed by atoms with E-state index in [0.29, 0.717) is 11.9 Å². The van der Waals surface area contributed by atoms with Gasteiger partial charge in [-0.05, 0) is 19.9 Å². The smallest absolute Gasteiger partial charge is 0.0841 e. The van der Waals surface area contributed by atoms with Crippen molar-refractivity contribution in [3.63, 3.8) is 0 Å². The van der Waals surface area contributed by atoms with Gasteiger partial charge in [0.25, 0.3) is 0 Å². The van der Waals surface area contributed by atoms with Crippen molar-refractivity contribution in [2.75, 3.05) is 5.88 Å². The molecule has 0 bridgehead atoms. The molecule has 2 aromatic rings. The molecular weight excluding hydrogens is 234 g/mol. The number of aromatic nitrogens is 2. The molecule has 0 amide bonds. The molecular formula is C13H18ClN3. The highest BCUT2D eigenvalue weighted by Crippen LogP contribution is 2.18. The molecule has 0 aliphatic carbocycles. The summed E-state index contributed by atoms with van der Waals surface area (Å²) in [6.45, 7) is 5.84. The second kappa shape index (κ2) is 5.52. The Balaban J connectivity index is 2.28. The molecule has 1 aromatic heterocycles. The first-order chi connectivity index (χ1) is 8.26. The Kier molecular flexibility index (Phi) is 4.02. The number of halogens is 1. The van der Waals surface area contributed by atoms with Crippen molar-refractivity contribution in [3.05, 3.63) is 30.0 Å². The lowest BCUT2D eigenvalue weighted by atomic mass is 10.2. The fourth-order valence-corrected chi connectivity index (χ4v) is 2.00. The summed E-state index contributed by atoms with van der Waals surface area (Å²) >= 11 is 5.78. The van der Waals surface area contributed by atoms with Crippen molar-refractivity contribution in [2.45, 2.75) is 33.0 Å². The molecule has 1 heterocycles. The van der Waals surface area contributed by atoms with Gasteiger partial charge in [-0.25, -0.2) is 0 Å². The Morgan fingerprint density at radius 1 is 1.41 bits per heavy atom. The predicted molar refractivity (Wildman–Crippen MR) is 72.4 cm³/mol. The van der Waals surface area contributed by atoms with Crippen molar-refractivity contribution in [2.24, 2.45) is 0 Å². The molecule has 0 saturated carbocycles. The SMILES string of the molecule is CCn1nc(CNC(C)CCl)c2ccccc21. The number of alkyl halides is 1. The summed E-state index contributed by atoms with van der Waals surface area (Å²) in [5.74, 6) is 0.617. The van der Waals surface area contributed by atoms with Crippen LogP contribution in [0.5, 0.6) is 0 Å². The highest BCUT2D eigenvalue weighted by molar-refractivity contribution is 6.18. The molecule has 4 heteroatoms. The number of hydrogen-bond donors (Lipinski definition) is 1. The first kappa shape index (κ1) is 12.4. The Morgan fingerprint density at radius 2 is 2.18 bits per heavy atom. The Hall–Kier alpha value is -1.06. The maximum absolute atomic E-state index is 5.78. The number of fused-ring (bicyclic) bond motifs is 1. The number of aryl methyl sites for hydroxylation is 1. The molecule has 3 nitrogen and oxygen atoms in total. The van der Waals surface area contributed by atoms with Gasteiger partial charge in [-0.3, -0.25) is 4.68 Å². The van der Waals surface area contributed by atoms with Crippen LogP contribution in [-0.2, 0) is 13.1 Å². The molecule has 0 fully saturated rings. The summed E-state index contributed by atoms with van der Waals surface area (Å²) in [6.07, 6.45) is 0. The predicted octanol–water partition coefficient (Wildman–Crippen LogP) is 2.77. The van der Waals surface area contributed by atoms with Gasteiger partial charge in [0.15, 0.2) is 0 Å². The molecule has 0 aliphatic rings. The summed E-state index contributed by atoms with van der Waals surface area (Å²) in [5, 5.41) is 9.22. The van der Waals surface area contributed by atoms with Crippen LogP contribution in [0.1, 0.15) is 19.5 Å². The van der Waals surface area contributed by atoms with Crippen LogP contribution >= 0.6 is 11.6 Å². The van der Waals surface area contributed by atoms with Gasteiger partial charge < -0.3 is 5.32 Å². The van der Waals surface area contributed by atoms with E-state index in [9.17, 15) is 0 Å². The lowest BCUT2D eigenvalue weighted by Crippen LogP contribution is -2.27. The van der Waals surface area contributed by atoms with Gasteiger partial charge in [0, 0.05) is 30.4 Å². The number of rotatable bonds is 5. The van der Waals surface area contributed by atoms with Gasteiger partial charge >= 0.3 is 0 Å². The monoisotopic (exact) mass is 251 g/mol. The Labute approximate surface area is 107 Å². The molecule has 17 heavy (non-hydrogen) atoms. The van der Waals surface area contributed by atoms with Crippen LogP contribution in [0.25, 0.3) is 10.9 Å². The highest BCUT2D eigenvalue weighted by Gasteiger charge is 2.09. The van der Waals surface area contributed by atoms with Gasteiger partial charge in [0.1, 0.15) is 0 Å². The van der Waals surface area contributed by atoms with E-state index in [0.717, 1.165) is 18.8 Å². The number of para-hydroxylation sites is 1. The van der Waals surface area contributed by atoms with Crippen molar-refractivity contribution in [3.8, 4) is 0 Å². The van der Waals surface area contributed by atoms with Crippen LogP contribution in [0.3, 0.4) is 0 Å². The van der Waals surface area contributed by atoms with Crippen molar-refractivity contribution in [1.29, 1.82) is 0 Å². The van der Waals surface area contributed by atoms with E-state index in [1.54, 1.807) is 0 Å². The lowest BCUT2D eigenvalue weighted by molar-refractivity contribution is 0.574. The quantitative estimate of drug-likeness (QED) is 0.829. The minimum absolute atomic E-state index is 0.308. The zero-order chi connectivity index (χ0) is 12.3. The Morgan fingerprint density at radius 3 is 2.88 bits per heavy atom. The maximum atomic E-state index is 5.78. The average Bonchev–Trinajstić information content (AvgIpc) is 2.74. The minimum atomic E-state index is 0.308. The summed E-state index contributed by atoms with van der Waals surface area (Å²) in [7, 11) is 0. The highest BCUT2D eigenvalue weighted by atomic mass is 35.5. The molecule has 1 atom stereocenters. The summed E-state index contributed by atoms with van der Waals surface area (Å²) in [6, 6.07) is 8.65. The van der Waals surface area contributed by atoms with Crippen LogP contribution < -0.4 is 5.32 Å². The van der Waals surface area contributed by atoms with E-state index >= 15 is 0 Å². The standard InChI is InChI=1S/C13H18ClN3/c1-3-17-13-7-5-4-6-11(13)12(16-17)9-15-10(2)8-14/h4-7,10,15H,3,8-9H2,1-2H3. The van der Waals surface area contributed by atoms with E-state index in [1.807, 2.05) is 4.68 Å². The molecule has 1 aromatic carbocycles. The van der Waals surface area contributed by atoms with Crippen LogP contribution in [0.15, 0.2) is 24.3 Å². The third-order valence-electron chi connectivity index (χ3n) is 2.88. The minimum Gasteiger partial charge on any atom is -0.307 e. The average molecular weight is 252 g/mol. The molecule has 0 spiro atoms. The van der Waals surface area contributed by atoms with Crippen LogP contribution in [0.4, 0.5) is 0 Å². The van der Waals surface area contributed by atoms with Gasteiger partial charge in [-0.1, -0.05) is 18.2 Å². The third kappa shape index (κ3) is 2.61. The molecule has 92 valence electrons. The normalized spacial score (nSPS) is 13.1. The fourth-order valence-electron chi connectivity index (χ4n) is 1.89. The zero-order valence-electron chi connectivity index (χ0n) is 10.3. The first-order valence-corrected chi connectivity index (χ1v) is 6.53. The Bertz CT molecular complexity index is 492. The third-order valence-corrected chi connectivity index (χ3v) is 3.35. The second-order valence-corrected chi connectivity index (χ2v) is 4.52. The summed E-state index contributed by atoms with van der Waals surface area (Å²) < 4.78 is 2.04. The van der Waals surface area contributed by atoms with E-state index in [-0.39, 0.29) is 0 Å². The molecule has 1 unspecified atom stereocenters. The van der Waals surface area contributed by atoms with Crippen LogP contribution in [-0.4, -0.2) is 21.7 Å². The molecule has 0 radical (unpaired) electrons. The topological polar surface area (TPSA) is 29.9 Å². The van der Waals surface area contributed by atoms with Crippen molar-refractivity contribution >= 4 is 22.5 Å². The van der Waals surface area contributed by atoms with Gasteiger partial charge in [-0.15, -0.1) is 11.6 Å².